The van der Waals surface area contributed by atoms with Crippen LogP contribution < -0.4 is 10.6 Å². The van der Waals surface area contributed by atoms with Crippen molar-refractivity contribution < 1.29 is 14.3 Å². The SMILES string of the molecule is Cc1ccc(NC(=S)NC(=O)CCCC(=O)OCCCc2ccccc2)cc1C. The van der Waals surface area contributed by atoms with Crippen LogP contribution in [0.2, 0.25) is 0 Å². The van der Waals surface area contributed by atoms with Crippen LogP contribution in [0.3, 0.4) is 0 Å². The van der Waals surface area contributed by atoms with Gasteiger partial charge in [-0.1, -0.05) is 36.4 Å². The van der Waals surface area contributed by atoms with Crippen molar-refractivity contribution in [3.63, 3.8) is 0 Å². The standard InChI is InChI=1S/C23H28N2O3S/c1-17-13-14-20(16-18(17)2)24-23(29)25-21(26)11-6-12-22(27)28-15-7-10-19-8-4-3-5-9-19/h3-5,8-9,13-14,16H,6-7,10-12,15H2,1-2H3,(H2,24,25,26,29). The Labute approximate surface area is 177 Å². The summed E-state index contributed by atoms with van der Waals surface area (Å²) in [5, 5.41) is 5.88. The van der Waals surface area contributed by atoms with E-state index in [1.165, 1.54) is 11.1 Å². The Morgan fingerprint density at radius 1 is 0.966 bits per heavy atom. The number of hydrogen-bond acceptors (Lipinski definition) is 4. The van der Waals surface area contributed by atoms with Gasteiger partial charge >= 0.3 is 5.97 Å². The molecule has 0 aliphatic carbocycles. The average molecular weight is 413 g/mol. The molecule has 0 saturated heterocycles. The highest BCUT2D eigenvalue weighted by Crippen LogP contribution is 2.14. The first-order chi connectivity index (χ1) is 13.9. The molecular formula is C23H28N2O3S. The fourth-order valence-corrected chi connectivity index (χ4v) is 2.97. The second-order valence-electron chi connectivity index (χ2n) is 6.96. The van der Waals surface area contributed by atoms with Crippen molar-refractivity contribution in [2.75, 3.05) is 11.9 Å². The molecule has 5 nitrogen and oxygen atoms in total. The quantitative estimate of drug-likeness (QED) is 0.362. The molecule has 154 valence electrons. The first kappa shape index (κ1) is 22.6. The highest BCUT2D eigenvalue weighted by molar-refractivity contribution is 7.80. The van der Waals surface area contributed by atoms with E-state index in [-0.39, 0.29) is 29.8 Å². The summed E-state index contributed by atoms with van der Waals surface area (Å²) >= 11 is 5.17. The third-order valence-corrected chi connectivity index (χ3v) is 4.72. The van der Waals surface area contributed by atoms with Gasteiger partial charge in [-0.3, -0.25) is 9.59 Å². The van der Waals surface area contributed by atoms with Crippen molar-refractivity contribution in [1.29, 1.82) is 0 Å². The molecule has 0 radical (unpaired) electrons. The number of hydrogen-bond donors (Lipinski definition) is 2. The van der Waals surface area contributed by atoms with Gasteiger partial charge < -0.3 is 15.4 Å². The molecule has 2 N–H and O–H groups in total. The van der Waals surface area contributed by atoms with Crippen LogP contribution >= 0.6 is 12.2 Å². The molecule has 0 heterocycles. The molecule has 0 spiro atoms. The molecule has 0 aromatic heterocycles. The van der Waals surface area contributed by atoms with E-state index in [4.69, 9.17) is 17.0 Å². The molecule has 2 aromatic rings. The summed E-state index contributed by atoms with van der Waals surface area (Å²) in [5.41, 5.74) is 4.40. The number of thiocarbonyl (C=S) groups is 1. The minimum Gasteiger partial charge on any atom is -0.466 e. The topological polar surface area (TPSA) is 67.4 Å². The summed E-state index contributed by atoms with van der Waals surface area (Å²) in [6.45, 7) is 4.44. The second-order valence-corrected chi connectivity index (χ2v) is 7.37. The third-order valence-electron chi connectivity index (χ3n) is 4.52. The molecular weight excluding hydrogens is 384 g/mol. The monoisotopic (exact) mass is 412 g/mol. The lowest BCUT2D eigenvalue weighted by atomic mass is 10.1. The van der Waals surface area contributed by atoms with Gasteiger partial charge in [-0.15, -0.1) is 0 Å². The normalized spacial score (nSPS) is 10.3. The van der Waals surface area contributed by atoms with Gasteiger partial charge in [0.2, 0.25) is 5.91 Å². The van der Waals surface area contributed by atoms with Crippen LogP contribution in [-0.4, -0.2) is 23.6 Å². The number of nitrogens with one attached hydrogen (secondary N) is 2. The van der Waals surface area contributed by atoms with Crippen molar-refractivity contribution in [3.8, 4) is 0 Å². The van der Waals surface area contributed by atoms with Crippen LogP contribution in [0.15, 0.2) is 48.5 Å². The van der Waals surface area contributed by atoms with Gasteiger partial charge in [0.05, 0.1) is 6.61 Å². The van der Waals surface area contributed by atoms with Crippen molar-refractivity contribution >= 4 is 34.9 Å². The Morgan fingerprint density at radius 3 is 2.45 bits per heavy atom. The maximum atomic E-state index is 12.0. The van der Waals surface area contributed by atoms with Crippen LogP contribution in [0.25, 0.3) is 0 Å². The predicted octanol–water partition coefficient (Wildman–Crippen LogP) is 4.46. The molecule has 0 fully saturated rings. The van der Waals surface area contributed by atoms with Crippen LogP contribution in [0.4, 0.5) is 5.69 Å². The fraction of sp³-hybridized carbons (Fsp3) is 0.348. The fourth-order valence-electron chi connectivity index (χ4n) is 2.74. The van der Waals surface area contributed by atoms with Gasteiger partial charge in [0, 0.05) is 18.5 Å². The number of benzene rings is 2. The first-order valence-corrected chi connectivity index (χ1v) is 10.2. The van der Waals surface area contributed by atoms with E-state index in [9.17, 15) is 9.59 Å². The molecule has 0 aliphatic heterocycles. The number of aryl methyl sites for hydroxylation is 3. The number of rotatable bonds is 9. The number of anilines is 1. The number of carbonyl (C=O) groups is 2. The largest absolute Gasteiger partial charge is 0.466 e. The van der Waals surface area contributed by atoms with Crippen LogP contribution in [0.1, 0.15) is 42.4 Å². The Kier molecular flexibility index (Phi) is 9.31. The average Bonchev–Trinajstić information content (AvgIpc) is 2.69. The molecule has 2 aromatic carbocycles. The van der Waals surface area contributed by atoms with Gasteiger partial charge in [-0.05, 0) is 74.2 Å². The Morgan fingerprint density at radius 2 is 1.72 bits per heavy atom. The summed E-state index contributed by atoms with van der Waals surface area (Å²) in [7, 11) is 0. The van der Waals surface area contributed by atoms with Crippen molar-refractivity contribution in [2.45, 2.75) is 46.0 Å². The van der Waals surface area contributed by atoms with E-state index in [2.05, 4.69) is 22.8 Å². The zero-order valence-corrected chi connectivity index (χ0v) is 17.8. The Balaban J connectivity index is 1.56. The van der Waals surface area contributed by atoms with Gasteiger partial charge in [0.25, 0.3) is 0 Å². The smallest absolute Gasteiger partial charge is 0.305 e. The number of esters is 1. The van der Waals surface area contributed by atoms with E-state index < -0.39 is 0 Å². The highest BCUT2D eigenvalue weighted by atomic mass is 32.1. The molecule has 1 amide bonds. The highest BCUT2D eigenvalue weighted by Gasteiger charge is 2.08. The summed E-state index contributed by atoms with van der Waals surface area (Å²) in [5.74, 6) is -0.495. The van der Waals surface area contributed by atoms with Crippen LogP contribution in [-0.2, 0) is 20.7 Å². The molecule has 29 heavy (non-hydrogen) atoms. The molecule has 6 heteroatoms. The van der Waals surface area contributed by atoms with E-state index >= 15 is 0 Å². The third kappa shape index (κ3) is 8.87. The van der Waals surface area contributed by atoms with Gasteiger partial charge in [-0.2, -0.15) is 0 Å². The van der Waals surface area contributed by atoms with Crippen molar-refractivity contribution in [2.24, 2.45) is 0 Å². The zero-order chi connectivity index (χ0) is 21.1. The summed E-state index contributed by atoms with van der Waals surface area (Å²) in [6.07, 6.45) is 2.52. The maximum Gasteiger partial charge on any atom is 0.305 e. The molecule has 0 atom stereocenters. The summed E-state index contributed by atoms with van der Waals surface area (Å²) in [6, 6.07) is 16.0. The molecule has 0 aliphatic rings. The van der Waals surface area contributed by atoms with Crippen LogP contribution in [0, 0.1) is 13.8 Å². The summed E-state index contributed by atoms with van der Waals surface area (Å²) < 4.78 is 5.22. The minimum atomic E-state index is -0.276. The Bertz CT molecular complexity index is 837. The first-order valence-electron chi connectivity index (χ1n) is 9.81. The molecule has 0 bridgehead atoms. The maximum absolute atomic E-state index is 12.0. The van der Waals surface area contributed by atoms with Crippen molar-refractivity contribution in [1.82, 2.24) is 5.32 Å². The molecule has 0 saturated carbocycles. The van der Waals surface area contributed by atoms with E-state index in [1.54, 1.807) is 0 Å². The summed E-state index contributed by atoms with van der Waals surface area (Å²) in [4.78, 5) is 23.7. The van der Waals surface area contributed by atoms with Crippen LogP contribution in [0.5, 0.6) is 0 Å². The lowest BCUT2D eigenvalue weighted by Crippen LogP contribution is -2.34. The number of carbonyl (C=O) groups excluding carboxylic acids is 2. The number of amides is 1. The van der Waals surface area contributed by atoms with Gasteiger partial charge in [0.15, 0.2) is 5.11 Å². The number of ether oxygens (including phenoxy) is 1. The van der Waals surface area contributed by atoms with Crippen molar-refractivity contribution in [3.05, 3.63) is 65.2 Å². The second kappa shape index (κ2) is 12.0. The predicted molar refractivity (Wildman–Crippen MR) is 120 cm³/mol. The molecule has 0 unspecified atom stereocenters. The molecule has 2 rings (SSSR count). The van der Waals surface area contributed by atoms with Gasteiger partial charge in [0.1, 0.15) is 0 Å². The van der Waals surface area contributed by atoms with E-state index in [0.717, 1.165) is 24.1 Å². The van der Waals surface area contributed by atoms with E-state index in [1.807, 2.05) is 50.2 Å². The zero-order valence-electron chi connectivity index (χ0n) is 17.0. The lowest BCUT2D eigenvalue weighted by Gasteiger charge is -2.11. The minimum absolute atomic E-state index is 0.216. The van der Waals surface area contributed by atoms with Gasteiger partial charge in [-0.25, -0.2) is 0 Å². The Hall–Kier alpha value is -2.73. The van der Waals surface area contributed by atoms with E-state index in [0.29, 0.717) is 13.0 Å². The lowest BCUT2D eigenvalue weighted by molar-refractivity contribution is -0.143.